The van der Waals surface area contributed by atoms with Crippen LogP contribution in [0.25, 0.3) is 0 Å². The van der Waals surface area contributed by atoms with Crippen LogP contribution in [0.3, 0.4) is 0 Å². The summed E-state index contributed by atoms with van der Waals surface area (Å²) in [5.41, 5.74) is -0.794. The maximum atomic E-state index is 15.0. The number of hydrogen-bond acceptors (Lipinski definition) is 5. The number of halogens is 2. The molecular formula is C19H25F2NO5. The predicted octanol–water partition coefficient (Wildman–Crippen LogP) is 3.35. The summed E-state index contributed by atoms with van der Waals surface area (Å²) in [7, 11) is 0. The van der Waals surface area contributed by atoms with E-state index in [1.807, 2.05) is 27.7 Å². The van der Waals surface area contributed by atoms with E-state index in [0.29, 0.717) is 26.3 Å². The van der Waals surface area contributed by atoms with E-state index >= 15 is 0 Å². The molecule has 2 aliphatic heterocycles. The Morgan fingerprint density at radius 2 is 1.70 bits per heavy atom. The van der Waals surface area contributed by atoms with Crippen molar-refractivity contribution in [3.8, 4) is 0 Å². The molecule has 27 heavy (non-hydrogen) atoms. The molecule has 2 heterocycles. The first-order chi connectivity index (χ1) is 12.6. The van der Waals surface area contributed by atoms with Gasteiger partial charge in [-0.1, -0.05) is 13.8 Å². The van der Waals surface area contributed by atoms with Crippen molar-refractivity contribution in [3.05, 3.63) is 28.8 Å². The summed E-state index contributed by atoms with van der Waals surface area (Å²) in [5, 5.41) is 9.26. The summed E-state index contributed by atoms with van der Waals surface area (Å²) < 4.78 is 46.6. The summed E-state index contributed by atoms with van der Waals surface area (Å²) >= 11 is 0. The van der Waals surface area contributed by atoms with E-state index in [9.17, 15) is 18.7 Å². The minimum Gasteiger partial charge on any atom is -0.478 e. The van der Waals surface area contributed by atoms with Crippen LogP contribution in [0.5, 0.6) is 0 Å². The zero-order valence-corrected chi connectivity index (χ0v) is 15.9. The molecule has 0 saturated carbocycles. The number of anilines is 1. The van der Waals surface area contributed by atoms with Crippen LogP contribution < -0.4 is 4.90 Å². The van der Waals surface area contributed by atoms with Gasteiger partial charge in [0.05, 0.1) is 36.7 Å². The minimum absolute atomic E-state index is 0.0239. The molecule has 1 N–H and O–H groups in total. The Morgan fingerprint density at radius 1 is 1.15 bits per heavy atom. The van der Waals surface area contributed by atoms with Crippen molar-refractivity contribution in [2.75, 3.05) is 31.2 Å². The summed E-state index contributed by atoms with van der Waals surface area (Å²) in [6.07, 6.45) is -1.33. The molecule has 0 spiro atoms. The van der Waals surface area contributed by atoms with Gasteiger partial charge in [0.2, 0.25) is 0 Å². The van der Waals surface area contributed by atoms with Crippen LogP contribution in [0.4, 0.5) is 14.5 Å². The van der Waals surface area contributed by atoms with Gasteiger partial charge in [-0.05, 0) is 19.9 Å². The predicted molar refractivity (Wildman–Crippen MR) is 94.0 cm³/mol. The highest BCUT2D eigenvalue weighted by Gasteiger charge is 2.36. The molecule has 2 atom stereocenters. The van der Waals surface area contributed by atoms with Gasteiger partial charge >= 0.3 is 5.97 Å². The maximum absolute atomic E-state index is 15.0. The SMILES string of the molecule is CC1CN(c2c(C3OCC(C)(C)CO3)cc(C(=O)O)c(F)c2F)CC(C)O1. The molecule has 0 amide bonds. The second-order valence-corrected chi connectivity index (χ2v) is 8.08. The Hall–Kier alpha value is -1.77. The van der Waals surface area contributed by atoms with E-state index in [1.54, 1.807) is 4.90 Å². The molecule has 2 aliphatic rings. The van der Waals surface area contributed by atoms with E-state index in [2.05, 4.69) is 0 Å². The van der Waals surface area contributed by atoms with Gasteiger partial charge in [-0.15, -0.1) is 0 Å². The molecule has 3 rings (SSSR count). The fourth-order valence-corrected chi connectivity index (χ4v) is 3.53. The molecule has 0 aliphatic carbocycles. The van der Waals surface area contributed by atoms with Crippen LogP contribution in [0.1, 0.15) is 49.9 Å². The number of hydrogen-bond donors (Lipinski definition) is 1. The van der Waals surface area contributed by atoms with Crippen molar-refractivity contribution in [2.45, 2.75) is 46.2 Å². The summed E-state index contributed by atoms with van der Waals surface area (Å²) in [6, 6.07) is 1.11. The Balaban J connectivity index is 2.07. The molecule has 0 aromatic heterocycles. The van der Waals surface area contributed by atoms with Gasteiger partial charge < -0.3 is 24.2 Å². The zero-order chi connectivity index (χ0) is 19.9. The Bertz CT molecular complexity index is 719. The van der Waals surface area contributed by atoms with Crippen molar-refractivity contribution in [2.24, 2.45) is 5.41 Å². The first-order valence-electron chi connectivity index (χ1n) is 8.98. The van der Waals surface area contributed by atoms with Crippen molar-refractivity contribution >= 4 is 11.7 Å². The summed E-state index contributed by atoms with van der Waals surface area (Å²) in [4.78, 5) is 13.1. The molecular weight excluding hydrogens is 360 g/mol. The van der Waals surface area contributed by atoms with Crippen LogP contribution in [0.2, 0.25) is 0 Å². The van der Waals surface area contributed by atoms with E-state index in [1.165, 1.54) is 0 Å². The topological polar surface area (TPSA) is 68.2 Å². The van der Waals surface area contributed by atoms with Gasteiger partial charge in [0.15, 0.2) is 17.9 Å². The first kappa shape index (κ1) is 20.0. The molecule has 6 nitrogen and oxygen atoms in total. The highest BCUT2D eigenvalue weighted by atomic mass is 19.2. The lowest BCUT2D eigenvalue weighted by atomic mass is 9.95. The maximum Gasteiger partial charge on any atom is 0.338 e. The van der Waals surface area contributed by atoms with Crippen LogP contribution >= 0.6 is 0 Å². The average molecular weight is 385 g/mol. The lowest BCUT2D eigenvalue weighted by molar-refractivity contribution is -0.226. The molecule has 2 unspecified atom stereocenters. The lowest BCUT2D eigenvalue weighted by Crippen LogP contribution is -2.46. The Morgan fingerprint density at radius 3 is 2.22 bits per heavy atom. The van der Waals surface area contributed by atoms with Crippen molar-refractivity contribution in [3.63, 3.8) is 0 Å². The highest BCUT2D eigenvalue weighted by molar-refractivity contribution is 5.89. The van der Waals surface area contributed by atoms with Gasteiger partial charge in [-0.3, -0.25) is 0 Å². The van der Waals surface area contributed by atoms with Gasteiger partial charge in [0.1, 0.15) is 0 Å². The molecule has 2 saturated heterocycles. The molecule has 2 fully saturated rings. The van der Waals surface area contributed by atoms with Crippen LogP contribution in [-0.2, 0) is 14.2 Å². The number of carbonyl (C=O) groups is 1. The summed E-state index contributed by atoms with van der Waals surface area (Å²) in [5.74, 6) is -4.13. The third-order valence-electron chi connectivity index (χ3n) is 4.68. The summed E-state index contributed by atoms with van der Waals surface area (Å²) in [6.45, 7) is 9.02. The van der Waals surface area contributed by atoms with Gasteiger partial charge in [0, 0.05) is 24.1 Å². The number of ether oxygens (including phenoxy) is 3. The fraction of sp³-hybridized carbons (Fsp3) is 0.632. The molecule has 1 aromatic rings. The number of carboxylic acid groups (broad SMARTS) is 1. The average Bonchev–Trinajstić information content (AvgIpc) is 2.56. The lowest BCUT2D eigenvalue weighted by Gasteiger charge is -2.40. The Kier molecular flexibility index (Phi) is 5.42. The van der Waals surface area contributed by atoms with Crippen molar-refractivity contribution in [1.82, 2.24) is 0 Å². The quantitative estimate of drug-likeness (QED) is 0.861. The third-order valence-corrected chi connectivity index (χ3v) is 4.68. The van der Waals surface area contributed by atoms with Crippen molar-refractivity contribution in [1.29, 1.82) is 0 Å². The molecule has 0 radical (unpaired) electrons. The van der Waals surface area contributed by atoms with E-state index in [-0.39, 0.29) is 28.9 Å². The van der Waals surface area contributed by atoms with E-state index in [0.717, 1.165) is 6.07 Å². The van der Waals surface area contributed by atoms with Crippen molar-refractivity contribution < 1.29 is 32.9 Å². The first-order valence-corrected chi connectivity index (χ1v) is 8.98. The van der Waals surface area contributed by atoms with Crippen LogP contribution in [-0.4, -0.2) is 49.6 Å². The number of carboxylic acids is 1. The standard InChI is InChI=1S/C19H25F2NO5/c1-10-6-22(7-11(2)27-10)16-13(18-25-8-19(3,4)9-26-18)5-12(17(23)24)14(20)15(16)21/h5,10-11,18H,6-9H2,1-4H3,(H,23,24). The number of morpholine rings is 1. The monoisotopic (exact) mass is 385 g/mol. The van der Waals surface area contributed by atoms with E-state index in [4.69, 9.17) is 14.2 Å². The fourth-order valence-electron chi connectivity index (χ4n) is 3.53. The smallest absolute Gasteiger partial charge is 0.338 e. The van der Waals surface area contributed by atoms with E-state index < -0.39 is 29.5 Å². The molecule has 1 aromatic carbocycles. The second-order valence-electron chi connectivity index (χ2n) is 8.08. The van der Waals surface area contributed by atoms with Gasteiger partial charge in [-0.25, -0.2) is 13.6 Å². The molecule has 8 heteroatoms. The second kappa shape index (κ2) is 7.33. The number of rotatable bonds is 3. The zero-order valence-electron chi connectivity index (χ0n) is 15.9. The molecule has 150 valence electrons. The minimum atomic E-state index is -1.54. The van der Waals surface area contributed by atoms with Gasteiger partial charge in [0.25, 0.3) is 0 Å². The Labute approximate surface area is 157 Å². The highest BCUT2D eigenvalue weighted by Crippen LogP contribution is 2.39. The van der Waals surface area contributed by atoms with Crippen LogP contribution in [0, 0.1) is 17.0 Å². The largest absolute Gasteiger partial charge is 0.478 e. The number of benzene rings is 1. The number of aromatic carboxylic acids is 1. The third kappa shape index (κ3) is 4.07. The number of nitrogens with zero attached hydrogens (tertiary/aromatic N) is 1. The molecule has 0 bridgehead atoms. The normalized spacial score (nSPS) is 26.2. The van der Waals surface area contributed by atoms with Crippen LogP contribution in [0.15, 0.2) is 6.07 Å². The van der Waals surface area contributed by atoms with Gasteiger partial charge in [-0.2, -0.15) is 0 Å².